The monoisotopic (exact) mass is 442 g/mol. The number of ether oxygens (including phenoxy) is 2. The second-order valence-electron chi connectivity index (χ2n) is 7.13. The van der Waals surface area contributed by atoms with Gasteiger partial charge in [-0.05, 0) is 55.7 Å². The molecule has 0 aromatic heterocycles. The lowest BCUT2D eigenvalue weighted by Gasteiger charge is -2.27. The first-order valence-corrected chi connectivity index (χ1v) is 10.1. The third-order valence-electron chi connectivity index (χ3n) is 4.71. The Morgan fingerprint density at radius 1 is 1.13 bits per heavy atom. The van der Waals surface area contributed by atoms with Crippen LogP contribution >= 0.6 is 11.6 Å². The van der Waals surface area contributed by atoms with Crippen molar-refractivity contribution >= 4 is 41.2 Å². The number of carbonyl (C=O) groups is 3. The first kappa shape index (κ1) is 22.4. The largest absolute Gasteiger partial charge is 0.493 e. The number of barbiturate groups is 1. The van der Waals surface area contributed by atoms with Crippen molar-refractivity contribution in [1.29, 1.82) is 0 Å². The van der Waals surface area contributed by atoms with Crippen molar-refractivity contribution in [2.45, 2.75) is 27.2 Å². The number of nitrogens with one attached hydrogen (secondary N) is 1. The molecular weight excluding hydrogens is 420 g/mol. The number of aryl methyl sites for hydroxylation is 2. The molecule has 0 aliphatic carbocycles. The van der Waals surface area contributed by atoms with E-state index in [2.05, 4.69) is 5.32 Å². The highest BCUT2D eigenvalue weighted by molar-refractivity contribution is 6.39. The number of benzene rings is 2. The molecular formula is C23H23ClN2O5. The first-order valence-electron chi connectivity index (χ1n) is 9.75. The van der Waals surface area contributed by atoms with Gasteiger partial charge in [0.2, 0.25) is 0 Å². The third kappa shape index (κ3) is 4.56. The molecule has 1 N–H and O–H groups in total. The van der Waals surface area contributed by atoms with E-state index in [-0.39, 0.29) is 10.6 Å². The van der Waals surface area contributed by atoms with Gasteiger partial charge in [-0.15, -0.1) is 0 Å². The Bertz CT molecular complexity index is 1090. The maximum Gasteiger partial charge on any atom is 0.335 e. The highest BCUT2D eigenvalue weighted by Gasteiger charge is 2.37. The van der Waals surface area contributed by atoms with Crippen molar-refractivity contribution in [3.63, 3.8) is 0 Å². The molecule has 0 atom stereocenters. The maximum atomic E-state index is 13.1. The fourth-order valence-corrected chi connectivity index (χ4v) is 3.54. The zero-order valence-electron chi connectivity index (χ0n) is 17.7. The van der Waals surface area contributed by atoms with Gasteiger partial charge >= 0.3 is 6.03 Å². The summed E-state index contributed by atoms with van der Waals surface area (Å²) in [5, 5.41) is 2.51. The number of urea groups is 1. The van der Waals surface area contributed by atoms with Gasteiger partial charge < -0.3 is 9.47 Å². The molecule has 0 radical (unpaired) electrons. The third-order valence-corrected chi connectivity index (χ3v) is 4.99. The van der Waals surface area contributed by atoms with Crippen LogP contribution in [0.4, 0.5) is 10.5 Å². The van der Waals surface area contributed by atoms with Crippen LogP contribution in [0, 0.1) is 13.8 Å². The number of imide groups is 2. The van der Waals surface area contributed by atoms with Gasteiger partial charge in [-0.3, -0.25) is 14.9 Å². The van der Waals surface area contributed by atoms with Gasteiger partial charge in [0, 0.05) is 0 Å². The number of amides is 4. The fourth-order valence-electron chi connectivity index (χ4n) is 3.27. The van der Waals surface area contributed by atoms with Gasteiger partial charge in [0.05, 0.1) is 24.4 Å². The predicted molar refractivity (Wildman–Crippen MR) is 119 cm³/mol. The van der Waals surface area contributed by atoms with Crippen molar-refractivity contribution < 1.29 is 23.9 Å². The van der Waals surface area contributed by atoms with Crippen LogP contribution in [0.3, 0.4) is 0 Å². The van der Waals surface area contributed by atoms with Crippen molar-refractivity contribution in [2.75, 3.05) is 18.6 Å². The Hall–Kier alpha value is -3.32. The van der Waals surface area contributed by atoms with Crippen molar-refractivity contribution in [3.8, 4) is 11.5 Å². The van der Waals surface area contributed by atoms with Crippen molar-refractivity contribution in [1.82, 2.24) is 5.32 Å². The van der Waals surface area contributed by atoms with Crippen LogP contribution in [0.5, 0.6) is 11.5 Å². The minimum atomic E-state index is -0.793. The van der Waals surface area contributed by atoms with E-state index in [9.17, 15) is 14.4 Å². The molecule has 1 aliphatic heterocycles. The average molecular weight is 443 g/mol. The molecule has 1 aliphatic rings. The topological polar surface area (TPSA) is 84.9 Å². The van der Waals surface area contributed by atoms with Gasteiger partial charge in [0.15, 0.2) is 11.5 Å². The van der Waals surface area contributed by atoms with E-state index in [1.165, 1.54) is 13.2 Å². The fraction of sp³-hybridized carbons (Fsp3) is 0.261. The first-order chi connectivity index (χ1) is 14.8. The summed E-state index contributed by atoms with van der Waals surface area (Å²) in [6.07, 6.45) is 2.17. The second-order valence-corrected chi connectivity index (χ2v) is 7.54. The molecule has 0 saturated carbocycles. The zero-order valence-corrected chi connectivity index (χ0v) is 18.5. The summed E-state index contributed by atoms with van der Waals surface area (Å²) in [6.45, 7) is 6.14. The van der Waals surface area contributed by atoms with Crippen LogP contribution in [0.25, 0.3) is 6.08 Å². The number of methoxy groups -OCH3 is 1. The quantitative estimate of drug-likeness (QED) is 0.528. The summed E-state index contributed by atoms with van der Waals surface area (Å²) in [5.74, 6) is -0.738. The molecule has 31 heavy (non-hydrogen) atoms. The highest BCUT2D eigenvalue weighted by Crippen LogP contribution is 2.37. The van der Waals surface area contributed by atoms with E-state index >= 15 is 0 Å². The Morgan fingerprint density at radius 2 is 1.87 bits per heavy atom. The van der Waals surface area contributed by atoms with Crippen molar-refractivity contribution in [2.24, 2.45) is 0 Å². The van der Waals surface area contributed by atoms with Crippen LogP contribution in [0.15, 0.2) is 35.9 Å². The van der Waals surface area contributed by atoms with Gasteiger partial charge in [-0.1, -0.05) is 36.2 Å². The lowest BCUT2D eigenvalue weighted by Crippen LogP contribution is -2.54. The van der Waals surface area contributed by atoms with Crippen LogP contribution in [0.2, 0.25) is 5.02 Å². The van der Waals surface area contributed by atoms with E-state index in [1.54, 1.807) is 31.2 Å². The molecule has 4 amide bonds. The normalized spacial score (nSPS) is 15.3. The number of rotatable bonds is 6. The summed E-state index contributed by atoms with van der Waals surface area (Å²) >= 11 is 6.34. The predicted octanol–water partition coefficient (Wildman–Crippen LogP) is 4.42. The van der Waals surface area contributed by atoms with Gasteiger partial charge in [0.25, 0.3) is 11.8 Å². The second kappa shape index (κ2) is 9.22. The molecule has 162 valence electrons. The lowest BCUT2D eigenvalue weighted by molar-refractivity contribution is -0.122. The molecule has 0 unspecified atom stereocenters. The summed E-state index contributed by atoms with van der Waals surface area (Å²) in [5.41, 5.74) is 2.40. The van der Waals surface area contributed by atoms with Crippen LogP contribution in [0.1, 0.15) is 30.0 Å². The van der Waals surface area contributed by atoms with E-state index in [4.69, 9.17) is 21.1 Å². The van der Waals surface area contributed by atoms with Crippen molar-refractivity contribution in [3.05, 3.63) is 57.6 Å². The molecule has 3 rings (SSSR count). The van der Waals surface area contributed by atoms with Gasteiger partial charge in [-0.2, -0.15) is 0 Å². The standard InChI is InChI=1S/C23H23ClN2O5/c1-5-8-31-20-17(24)11-15(12-19(20)30-4)10-16-21(27)25-23(29)26(22(16)28)18-7-6-13(2)9-14(18)3/h6-7,9-12H,5,8H2,1-4H3,(H,25,27,29)/b16-10+. The maximum absolute atomic E-state index is 13.1. The number of anilines is 1. The molecule has 1 heterocycles. The zero-order chi connectivity index (χ0) is 22.7. The minimum Gasteiger partial charge on any atom is -0.493 e. The Morgan fingerprint density at radius 3 is 2.52 bits per heavy atom. The Balaban J connectivity index is 2.03. The summed E-state index contributed by atoms with van der Waals surface area (Å²) < 4.78 is 11.0. The Labute approximate surface area is 185 Å². The molecule has 1 saturated heterocycles. The van der Waals surface area contributed by atoms with Gasteiger partial charge in [0.1, 0.15) is 5.57 Å². The van der Waals surface area contributed by atoms with E-state index in [0.717, 1.165) is 22.4 Å². The van der Waals surface area contributed by atoms with Gasteiger partial charge in [-0.25, -0.2) is 9.69 Å². The summed E-state index contributed by atoms with van der Waals surface area (Å²) in [4.78, 5) is 39.0. The van der Waals surface area contributed by atoms with E-state index in [1.807, 2.05) is 19.9 Å². The summed E-state index contributed by atoms with van der Waals surface area (Å²) in [7, 11) is 1.47. The Kier molecular flexibility index (Phi) is 6.65. The summed E-state index contributed by atoms with van der Waals surface area (Å²) in [6, 6.07) is 7.72. The molecule has 2 aromatic rings. The number of nitrogens with zero attached hydrogens (tertiary/aromatic N) is 1. The highest BCUT2D eigenvalue weighted by atomic mass is 35.5. The number of hydrogen-bond acceptors (Lipinski definition) is 5. The van der Waals surface area contributed by atoms with E-state index < -0.39 is 17.8 Å². The molecule has 1 fully saturated rings. The van der Waals surface area contributed by atoms with Crippen LogP contribution in [-0.4, -0.2) is 31.6 Å². The lowest BCUT2D eigenvalue weighted by atomic mass is 10.0. The molecule has 8 heteroatoms. The molecule has 0 bridgehead atoms. The number of carbonyl (C=O) groups excluding carboxylic acids is 3. The van der Waals surface area contributed by atoms with Crippen LogP contribution in [-0.2, 0) is 9.59 Å². The number of halogens is 1. The SMILES string of the molecule is CCCOc1c(Cl)cc(/C=C2\C(=O)NC(=O)N(c3ccc(C)cc3C)C2=O)cc1OC. The average Bonchev–Trinajstić information content (AvgIpc) is 2.71. The molecule has 2 aromatic carbocycles. The molecule has 7 nitrogen and oxygen atoms in total. The van der Waals surface area contributed by atoms with Crippen LogP contribution < -0.4 is 19.7 Å². The minimum absolute atomic E-state index is 0.195. The molecule has 0 spiro atoms. The number of hydrogen-bond donors (Lipinski definition) is 1. The smallest absolute Gasteiger partial charge is 0.335 e. The van der Waals surface area contributed by atoms with E-state index in [0.29, 0.717) is 29.4 Å².